The number of hydrogen-bond donors (Lipinski definition) is 0. The normalized spacial score (nSPS) is 12.2. The molecule has 0 rings (SSSR count). The zero-order valence-corrected chi connectivity index (χ0v) is 10.5. The van der Waals surface area contributed by atoms with Gasteiger partial charge in [0.05, 0.1) is 0 Å². The smallest absolute Gasteiger partial charge is 0.479 e. The fourth-order valence-electron chi connectivity index (χ4n) is 0.313. The van der Waals surface area contributed by atoms with E-state index >= 15 is 0 Å². The molecule has 0 aromatic rings. The SMILES string of the molecule is CC(C)(C)[O][Al][O]C(C)(C)C.[Li]. The Kier molecular flexibility index (Phi) is 7.39. The Morgan fingerprint density at radius 2 is 1.00 bits per heavy atom. The van der Waals surface area contributed by atoms with Crippen LogP contribution in [-0.2, 0) is 7.58 Å². The van der Waals surface area contributed by atoms with Crippen molar-refractivity contribution >= 4 is 34.7 Å². The molecule has 0 fully saturated rings. The molecule has 0 amide bonds. The van der Waals surface area contributed by atoms with E-state index in [-0.39, 0.29) is 45.9 Å². The molecule has 0 aromatic carbocycles. The quantitative estimate of drug-likeness (QED) is 0.603. The zero-order valence-electron chi connectivity index (χ0n) is 9.39. The van der Waals surface area contributed by atoms with Gasteiger partial charge in [0.15, 0.2) is 0 Å². The van der Waals surface area contributed by atoms with E-state index in [2.05, 4.69) is 0 Å². The van der Waals surface area contributed by atoms with E-state index in [1.807, 2.05) is 41.5 Å². The van der Waals surface area contributed by atoms with Crippen LogP contribution in [0.3, 0.4) is 0 Å². The van der Waals surface area contributed by atoms with Gasteiger partial charge in [-0.15, -0.1) is 0 Å². The summed E-state index contributed by atoms with van der Waals surface area (Å²) >= 11 is -0.331. The molecule has 66 valence electrons. The first-order chi connectivity index (χ1) is 4.71. The van der Waals surface area contributed by atoms with Gasteiger partial charge in [-0.2, -0.15) is 0 Å². The third-order valence-corrected chi connectivity index (χ3v) is 2.41. The van der Waals surface area contributed by atoms with Crippen LogP contribution in [0.15, 0.2) is 0 Å². The summed E-state index contributed by atoms with van der Waals surface area (Å²) in [7, 11) is 0. The summed E-state index contributed by atoms with van der Waals surface area (Å²) in [5, 5.41) is 0. The van der Waals surface area contributed by atoms with Gasteiger partial charge < -0.3 is 7.58 Å². The largest absolute Gasteiger partial charge is 0.669 e. The first-order valence-electron chi connectivity index (χ1n) is 3.88. The van der Waals surface area contributed by atoms with Crippen molar-refractivity contribution in [2.75, 3.05) is 0 Å². The van der Waals surface area contributed by atoms with Gasteiger partial charge in [-0.3, -0.25) is 0 Å². The van der Waals surface area contributed by atoms with Crippen molar-refractivity contribution in [1.82, 2.24) is 0 Å². The van der Waals surface area contributed by atoms with Crippen LogP contribution in [-0.4, -0.2) is 45.9 Å². The van der Waals surface area contributed by atoms with Crippen LogP contribution < -0.4 is 0 Å². The molecule has 0 bridgehead atoms. The molecular formula is C8H18AlLiO2. The minimum atomic E-state index is -0.331. The monoisotopic (exact) mass is 180 g/mol. The van der Waals surface area contributed by atoms with E-state index in [4.69, 9.17) is 7.58 Å². The minimum absolute atomic E-state index is 0. The van der Waals surface area contributed by atoms with Crippen LogP contribution in [0.25, 0.3) is 0 Å². The summed E-state index contributed by atoms with van der Waals surface area (Å²) in [6.07, 6.45) is 0. The molecule has 12 heavy (non-hydrogen) atoms. The molecule has 0 aliphatic carbocycles. The van der Waals surface area contributed by atoms with Gasteiger partial charge in [-0.05, 0) is 41.5 Å². The van der Waals surface area contributed by atoms with Crippen molar-refractivity contribution in [2.45, 2.75) is 52.7 Å². The average molecular weight is 180 g/mol. The molecule has 0 N–H and O–H groups in total. The van der Waals surface area contributed by atoms with E-state index in [9.17, 15) is 0 Å². The topological polar surface area (TPSA) is 18.5 Å². The van der Waals surface area contributed by atoms with Crippen LogP contribution in [0.4, 0.5) is 0 Å². The third kappa shape index (κ3) is 13.6. The molecule has 0 aliphatic heterocycles. The van der Waals surface area contributed by atoms with Gasteiger partial charge in [-0.25, -0.2) is 0 Å². The van der Waals surface area contributed by atoms with Crippen LogP contribution in [0.1, 0.15) is 41.5 Å². The standard InChI is InChI=1S/2C4H9O.Al.Li/c2*1-4(2,3)5;;/h2*1-3H3;;/q2*-1;+2;. The van der Waals surface area contributed by atoms with Crippen LogP contribution in [0, 0.1) is 0 Å². The molecule has 0 heterocycles. The molecule has 0 spiro atoms. The van der Waals surface area contributed by atoms with Crippen molar-refractivity contribution < 1.29 is 7.58 Å². The maximum absolute atomic E-state index is 5.47. The van der Waals surface area contributed by atoms with Crippen molar-refractivity contribution in [2.24, 2.45) is 0 Å². The van der Waals surface area contributed by atoms with Gasteiger partial charge in [0.2, 0.25) is 0 Å². The molecule has 0 saturated heterocycles. The average Bonchev–Trinajstić information content (AvgIpc) is 1.55. The van der Waals surface area contributed by atoms with E-state index < -0.39 is 0 Å². The van der Waals surface area contributed by atoms with Gasteiger partial charge in [0.25, 0.3) is 0 Å². The molecule has 2 radical (unpaired) electrons. The first kappa shape index (κ1) is 15.5. The predicted molar refractivity (Wildman–Crippen MR) is 53.2 cm³/mol. The molecule has 2 nitrogen and oxygen atoms in total. The van der Waals surface area contributed by atoms with Crippen LogP contribution >= 0.6 is 0 Å². The molecule has 4 heteroatoms. The van der Waals surface area contributed by atoms with Gasteiger partial charge in [0, 0.05) is 30.1 Å². The molecule has 0 saturated carbocycles. The molecule has 0 aliphatic rings. The van der Waals surface area contributed by atoms with Gasteiger partial charge >= 0.3 is 15.9 Å². The van der Waals surface area contributed by atoms with E-state index in [0.717, 1.165) is 0 Å². The summed E-state index contributed by atoms with van der Waals surface area (Å²) in [5.74, 6) is 0. The van der Waals surface area contributed by atoms with E-state index in [0.29, 0.717) is 0 Å². The minimum Gasteiger partial charge on any atom is -0.479 e. The van der Waals surface area contributed by atoms with Crippen molar-refractivity contribution in [3.05, 3.63) is 0 Å². The maximum atomic E-state index is 5.47. The maximum Gasteiger partial charge on any atom is 0.669 e. The Morgan fingerprint density at radius 1 is 0.750 bits per heavy atom. The van der Waals surface area contributed by atoms with Crippen LogP contribution in [0.2, 0.25) is 0 Å². The fraction of sp³-hybridized carbons (Fsp3) is 1.00. The molecule has 0 unspecified atom stereocenters. The number of hydrogen-bond acceptors (Lipinski definition) is 2. The second-order valence-corrected chi connectivity index (χ2v) is 5.22. The van der Waals surface area contributed by atoms with Crippen molar-refractivity contribution in [3.63, 3.8) is 0 Å². The Labute approximate surface area is 94.9 Å². The zero-order chi connectivity index (χ0) is 9.12. The fourth-order valence-corrected chi connectivity index (χ4v) is 0.938. The summed E-state index contributed by atoms with van der Waals surface area (Å²) in [6, 6.07) is 0. The summed E-state index contributed by atoms with van der Waals surface area (Å²) in [6.45, 7) is 12.2. The summed E-state index contributed by atoms with van der Waals surface area (Å²) in [4.78, 5) is 0. The Balaban J connectivity index is 0. The van der Waals surface area contributed by atoms with E-state index in [1.54, 1.807) is 0 Å². The van der Waals surface area contributed by atoms with Gasteiger partial charge in [-0.1, -0.05) is 0 Å². The van der Waals surface area contributed by atoms with Crippen molar-refractivity contribution in [3.8, 4) is 0 Å². The predicted octanol–water partition coefficient (Wildman–Crippen LogP) is 1.77. The Morgan fingerprint density at radius 3 is 1.17 bits per heavy atom. The molecule has 0 aromatic heterocycles. The third-order valence-electron chi connectivity index (χ3n) is 0.803. The summed E-state index contributed by atoms with van der Waals surface area (Å²) in [5.41, 5.74) is -0.138. The van der Waals surface area contributed by atoms with Gasteiger partial charge in [0.1, 0.15) is 0 Å². The summed E-state index contributed by atoms with van der Waals surface area (Å²) < 4.78 is 10.9. The first-order valence-corrected chi connectivity index (χ1v) is 4.82. The van der Waals surface area contributed by atoms with Crippen molar-refractivity contribution in [1.29, 1.82) is 0 Å². The Bertz CT molecular complexity index is 101. The molecular weight excluding hydrogens is 162 g/mol. The molecule has 0 atom stereocenters. The second kappa shape index (κ2) is 5.71. The second-order valence-electron chi connectivity index (χ2n) is 4.56. The van der Waals surface area contributed by atoms with E-state index in [1.165, 1.54) is 0 Å². The number of rotatable bonds is 2. The Hall–Kier alpha value is 1.05. The van der Waals surface area contributed by atoms with Crippen LogP contribution in [0.5, 0.6) is 0 Å².